The Kier molecular flexibility index (Phi) is 3.98. The van der Waals surface area contributed by atoms with Crippen molar-refractivity contribution in [3.63, 3.8) is 0 Å². The molecule has 104 valence electrons. The lowest BCUT2D eigenvalue weighted by atomic mass is 10.1. The molecule has 0 saturated carbocycles. The van der Waals surface area contributed by atoms with Crippen molar-refractivity contribution in [1.29, 1.82) is 0 Å². The summed E-state index contributed by atoms with van der Waals surface area (Å²) in [6.45, 7) is 1.63. The molecule has 0 aliphatic carbocycles. The maximum Gasteiger partial charge on any atom is 0.258 e. The Balaban J connectivity index is 2.31. The van der Waals surface area contributed by atoms with Gasteiger partial charge >= 0.3 is 0 Å². The number of anilines is 2. The molecule has 4 nitrogen and oxygen atoms in total. The summed E-state index contributed by atoms with van der Waals surface area (Å²) in [5, 5.41) is 2.69. The van der Waals surface area contributed by atoms with E-state index in [-0.39, 0.29) is 5.56 Å². The molecule has 1 N–H and O–H groups in total. The third-order valence-electron chi connectivity index (χ3n) is 2.89. The summed E-state index contributed by atoms with van der Waals surface area (Å²) in [5.41, 5.74) is 1.01. The summed E-state index contributed by atoms with van der Waals surface area (Å²) in [6, 6.07) is 8.19. The lowest BCUT2D eigenvalue weighted by Crippen LogP contribution is -2.18. The lowest BCUT2D eigenvalue weighted by Gasteiger charge is -2.16. The first kappa shape index (κ1) is 14.0. The van der Waals surface area contributed by atoms with Crippen LogP contribution >= 0.6 is 0 Å². The fraction of sp³-hybridized carbons (Fsp3) is 0.200. The average molecular weight is 273 g/mol. The van der Waals surface area contributed by atoms with Gasteiger partial charge in [0.25, 0.3) is 5.91 Å². The van der Waals surface area contributed by atoms with E-state index in [1.54, 1.807) is 42.3 Å². The van der Waals surface area contributed by atoms with E-state index in [9.17, 15) is 9.18 Å². The number of rotatable bonds is 3. The predicted octanol–water partition coefficient (Wildman–Crippen LogP) is 2.85. The van der Waals surface area contributed by atoms with Gasteiger partial charge in [-0.3, -0.25) is 4.79 Å². The van der Waals surface area contributed by atoms with Gasteiger partial charge in [-0.25, -0.2) is 9.37 Å². The molecule has 1 aromatic carbocycles. The second-order valence-corrected chi connectivity index (χ2v) is 4.66. The number of carbonyl (C=O) groups is 1. The first-order valence-corrected chi connectivity index (χ1v) is 6.19. The third kappa shape index (κ3) is 2.77. The molecular formula is C15H16FN3O. The molecular weight excluding hydrogens is 257 g/mol. The monoisotopic (exact) mass is 273 g/mol. The smallest absolute Gasteiger partial charge is 0.258 e. The van der Waals surface area contributed by atoms with Gasteiger partial charge in [0.15, 0.2) is 5.82 Å². The summed E-state index contributed by atoms with van der Waals surface area (Å²) < 4.78 is 13.9. The highest BCUT2D eigenvalue weighted by Crippen LogP contribution is 2.22. The Morgan fingerprint density at radius 2 is 2.00 bits per heavy atom. The predicted molar refractivity (Wildman–Crippen MR) is 77.7 cm³/mol. The molecule has 0 saturated heterocycles. The van der Waals surface area contributed by atoms with Gasteiger partial charge in [0.1, 0.15) is 5.82 Å². The highest BCUT2D eigenvalue weighted by Gasteiger charge is 2.15. The number of nitrogens with one attached hydrogen (secondary N) is 1. The number of aromatic nitrogens is 1. The topological polar surface area (TPSA) is 45.2 Å². The van der Waals surface area contributed by atoms with Crippen molar-refractivity contribution in [3.8, 4) is 0 Å². The largest absolute Gasteiger partial charge is 0.361 e. The number of nitrogens with zero attached hydrogens (tertiary/aromatic N) is 2. The van der Waals surface area contributed by atoms with Crippen LogP contribution in [0.15, 0.2) is 36.5 Å². The van der Waals surface area contributed by atoms with Gasteiger partial charge in [0.2, 0.25) is 0 Å². The van der Waals surface area contributed by atoms with E-state index in [1.807, 2.05) is 14.1 Å². The summed E-state index contributed by atoms with van der Waals surface area (Å²) in [6.07, 6.45) is 1.64. The maximum absolute atomic E-state index is 13.9. The second-order valence-electron chi connectivity index (χ2n) is 4.66. The summed E-state index contributed by atoms with van der Waals surface area (Å²) in [7, 11) is 3.65. The molecule has 0 unspecified atom stereocenters. The normalized spacial score (nSPS) is 10.2. The van der Waals surface area contributed by atoms with E-state index in [4.69, 9.17) is 0 Å². The number of pyridine rings is 1. The first-order chi connectivity index (χ1) is 9.50. The van der Waals surface area contributed by atoms with Gasteiger partial charge in [0, 0.05) is 20.3 Å². The Hall–Kier alpha value is -2.43. The Morgan fingerprint density at radius 3 is 2.70 bits per heavy atom. The van der Waals surface area contributed by atoms with Gasteiger partial charge in [-0.2, -0.15) is 0 Å². The molecule has 5 heteroatoms. The molecule has 20 heavy (non-hydrogen) atoms. The standard InChI is InChI=1S/C15H16FN3O/c1-10-6-4-7-11(13(10)16)15(20)18-12-8-5-9-17-14(12)19(2)3/h4-9H,1-3H3,(H,18,20). The maximum atomic E-state index is 13.9. The van der Waals surface area contributed by atoms with Crippen LogP contribution in [0.3, 0.4) is 0 Å². The molecule has 2 rings (SSSR count). The molecule has 1 amide bonds. The summed E-state index contributed by atoms with van der Waals surface area (Å²) in [5.74, 6) is -0.364. The number of halogens is 1. The molecule has 0 aliphatic heterocycles. The Morgan fingerprint density at radius 1 is 1.25 bits per heavy atom. The van der Waals surface area contributed by atoms with Crippen molar-refractivity contribution in [3.05, 3.63) is 53.5 Å². The summed E-state index contributed by atoms with van der Waals surface area (Å²) >= 11 is 0. The minimum atomic E-state index is -0.500. The van der Waals surface area contributed by atoms with E-state index in [0.29, 0.717) is 17.1 Å². The first-order valence-electron chi connectivity index (χ1n) is 6.19. The molecule has 1 heterocycles. The van der Waals surface area contributed by atoms with Crippen LogP contribution in [0.5, 0.6) is 0 Å². The number of hydrogen-bond donors (Lipinski definition) is 1. The fourth-order valence-electron chi connectivity index (χ4n) is 1.86. The van der Waals surface area contributed by atoms with Crippen molar-refractivity contribution >= 4 is 17.4 Å². The number of carbonyl (C=O) groups excluding carboxylic acids is 1. The number of amides is 1. The quantitative estimate of drug-likeness (QED) is 0.935. The molecule has 2 aromatic rings. The van der Waals surface area contributed by atoms with E-state index < -0.39 is 11.7 Å². The van der Waals surface area contributed by atoms with E-state index in [2.05, 4.69) is 10.3 Å². The van der Waals surface area contributed by atoms with Crippen molar-refractivity contribution < 1.29 is 9.18 Å². The molecule has 1 aromatic heterocycles. The van der Waals surface area contributed by atoms with Gasteiger partial charge < -0.3 is 10.2 Å². The zero-order chi connectivity index (χ0) is 14.7. The van der Waals surface area contributed by atoms with Gasteiger partial charge in [0.05, 0.1) is 11.3 Å². The van der Waals surface area contributed by atoms with Crippen LogP contribution in [0.25, 0.3) is 0 Å². The van der Waals surface area contributed by atoms with Crippen molar-refractivity contribution in [2.75, 3.05) is 24.3 Å². The minimum Gasteiger partial charge on any atom is -0.361 e. The zero-order valence-electron chi connectivity index (χ0n) is 11.6. The second kappa shape index (κ2) is 5.69. The van der Waals surface area contributed by atoms with E-state index in [1.165, 1.54) is 6.07 Å². The zero-order valence-corrected chi connectivity index (χ0v) is 11.6. The fourth-order valence-corrected chi connectivity index (χ4v) is 1.86. The third-order valence-corrected chi connectivity index (χ3v) is 2.89. The van der Waals surface area contributed by atoms with Crippen LogP contribution in [0.1, 0.15) is 15.9 Å². The molecule has 0 spiro atoms. The molecule has 0 aliphatic rings. The SMILES string of the molecule is Cc1cccc(C(=O)Nc2cccnc2N(C)C)c1F. The van der Waals surface area contributed by atoms with Crippen molar-refractivity contribution in [2.24, 2.45) is 0 Å². The van der Waals surface area contributed by atoms with E-state index in [0.717, 1.165) is 0 Å². The van der Waals surface area contributed by atoms with Crippen LogP contribution in [0.4, 0.5) is 15.9 Å². The van der Waals surface area contributed by atoms with Crippen LogP contribution in [-0.2, 0) is 0 Å². The van der Waals surface area contributed by atoms with Gasteiger partial charge in [-0.1, -0.05) is 12.1 Å². The van der Waals surface area contributed by atoms with E-state index >= 15 is 0 Å². The van der Waals surface area contributed by atoms with Gasteiger partial charge in [-0.15, -0.1) is 0 Å². The lowest BCUT2D eigenvalue weighted by molar-refractivity contribution is 0.102. The average Bonchev–Trinajstić information content (AvgIpc) is 2.42. The Bertz CT molecular complexity index is 641. The number of benzene rings is 1. The molecule has 0 radical (unpaired) electrons. The minimum absolute atomic E-state index is 0.0264. The number of hydrogen-bond acceptors (Lipinski definition) is 3. The van der Waals surface area contributed by atoms with Gasteiger partial charge in [-0.05, 0) is 30.7 Å². The van der Waals surface area contributed by atoms with Crippen LogP contribution in [-0.4, -0.2) is 25.0 Å². The van der Waals surface area contributed by atoms with Crippen molar-refractivity contribution in [1.82, 2.24) is 4.98 Å². The molecule has 0 atom stereocenters. The van der Waals surface area contributed by atoms with Crippen LogP contribution in [0, 0.1) is 12.7 Å². The van der Waals surface area contributed by atoms with Crippen LogP contribution in [0.2, 0.25) is 0 Å². The van der Waals surface area contributed by atoms with Crippen LogP contribution < -0.4 is 10.2 Å². The summed E-state index contributed by atoms with van der Waals surface area (Å²) in [4.78, 5) is 18.1. The number of aryl methyl sites for hydroxylation is 1. The molecule has 0 bridgehead atoms. The highest BCUT2D eigenvalue weighted by atomic mass is 19.1. The van der Waals surface area contributed by atoms with Crippen molar-refractivity contribution in [2.45, 2.75) is 6.92 Å². The highest BCUT2D eigenvalue weighted by molar-refractivity contribution is 6.05. The molecule has 0 fully saturated rings. The Labute approximate surface area is 117 Å².